The first-order valence-electron chi connectivity index (χ1n) is 7.19. The molecule has 25 heavy (non-hydrogen) atoms. The average Bonchev–Trinajstić information content (AvgIpc) is 2.91. The van der Waals surface area contributed by atoms with Gasteiger partial charge in [-0.05, 0) is 19.1 Å². The second-order valence-electron chi connectivity index (χ2n) is 4.97. The van der Waals surface area contributed by atoms with E-state index in [1.54, 1.807) is 6.92 Å². The summed E-state index contributed by atoms with van der Waals surface area (Å²) in [6, 6.07) is 3.05. The normalized spacial score (nSPS) is 10.2. The number of anilines is 1. The number of nitrogens with one attached hydrogen (secondary N) is 1. The number of carboxylic acids is 1. The molecule has 134 valence electrons. The van der Waals surface area contributed by atoms with E-state index in [0.717, 1.165) is 11.3 Å². The summed E-state index contributed by atoms with van der Waals surface area (Å²) in [5.74, 6) is -0.276. The average molecular weight is 366 g/mol. The van der Waals surface area contributed by atoms with E-state index in [-0.39, 0.29) is 6.42 Å². The smallest absolute Gasteiger partial charge is 0.308 e. The van der Waals surface area contributed by atoms with Crippen LogP contribution in [0.25, 0.3) is 0 Å². The van der Waals surface area contributed by atoms with Crippen molar-refractivity contribution in [3.63, 3.8) is 0 Å². The molecule has 1 amide bonds. The number of methoxy groups -OCH3 is 3. The number of benzene rings is 1. The summed E-state index contributed by atoms with van der Waals surface area (Å²) in [5, 5.41) is 11.9. The topological polar surface area (TPSA) is 107 Å². The lowest BCUT2D eigenvalue weighted by atomic mass is 10.1. The van der Waals surface area contributed by atoms with Crippen LogP contribution in [0.2, 0.25) is 0 Å². The Bertz CT molecular complexity index is 777. The highest BCUT2D eigenvalue weighted by Crippen LogP contribution is 2.38. The van der Waals surface area contributed by atoms with Gasteiger partial charge in [0.15, 0.2) is 16.6 Å². The Balaban J connectivity index is 2.28. The highest BCUT2D eigenvalue weighted by molar-refractivity contribution is 7.16. The number of hydrogen-bond donors (Lipinski definition) is 2. The van der Waals surface area contributed by atoms with Crippen molar-refractivity contribution in [2.45, 2.75) is 13.3 Å². The van der Waals surface area contributed by atoms with Crippen LogP contribution in [0.5, 0.6) is 17.2 Å². The summed E-state index contributed by atoms with van der Waals surface area (Å²) in [4.78, 5) is 28.1. The van der Waals surface area contributed by atoms with Gasteiger partial charge in [-0.15, -0.1) is 11.3 Å². The first-order chi connectivity index (χ1) is 11.9. The van der Waals surface area contributed by atoms with Gasteiger partial charge in [0.2, 0.25) is 5.75 Å². The van der Waals surface area contributed by atoms with E-state index in [1.165, 1.54) is 33.5 Å². The number of carboxylic acid groups (broad SMARTS) is 1. The van der Waals surface area contributed by atoms with Crippen LogP contribution >= 0.6 is 11.3 Å². The lowest BCUT2D eigenvalue weighted by Gasteiger charge is -2.13. The molecule has 9 heteroatoms. The van der Waals surface area contributed by atoms with E-state index in [1.807, 2.05) is 0 Å². The van der Waals surface area contributed by atoms with Gasteiger partial charge in [0, 0.05) is 10.4 Å². The zero-order valence-corrected chi connectivity index (χ0v) is 15.0. The molecule has 0 atom stereocenters. The third-order valence-electron chi connectivity index (χ3n) is 3.35. The van der Waals surface area contributed by atoms with Crippen LogP contribution in [0.3, 0.4) is 0 Å². The van der Waals surface area contributed by atoms with Crippen molar-refractivity contribution in [2.24, 2.45) is 0 Å². The number of nitrogens with zero attached hydrogens (tertiary/aromatic N) is 1. The number of ether oxygens (including phenoxy) is 3. The number of hydrogen-bond acceptors (Lipinski definition) is 7. The van der Waals surface area contributed by atoms with E-state index in [9.17, 15) is 9.59 Å². The summed E-state index contributed by atoms with van der Waals surface area (Å²) in [6.07, 6.45) is -0.135. The predicted molar refractivity (Wildman–Crippen MR) is 92.2 cm³/mol. The highest BCUT2D eigenvalue weighted by atomic mass is 32.1. The number of thiazole rings is 1. The number of rotatable bonds is 7. The molecule has 0 fully saturated rings. The minimum atomic E-state index is -0.950. The van der Waals surface area contributed by atoms with Gasteiger partial charge in [-0.25, -0.2) is 4.98 Å². The van der Waals surface area contributed by atoms with Crippen LogP contribution in [0.4, 0.5) is 5.13 Å². The maximum Gasteiger partial charge on any atom is 0.308 e. The summed E-state index contributed by atoms with van der Waals surface area (Å²) in [5.41, 5.74) is 0.870. The van der Waals surface area contributed by atoms with E-state index >= 15 is 0 Å². The van der Waals surface area contributed by atoms with Crippen molar-refractivity contribution in [1.29, 1.82) is 0 Å². The Kier molecular flexibility index (Phi) is 5.81. The standard InChI is InChI=1S/C16H18N2O6S/c1-8-12(7-13(19)20)25-16(17-8)18-15(21)9-5-10(22-2)14(24-4)11(6-9)23-3/h5-6H,7H2,1-4H3,(H,19,20)(H,17,18,21). The van der Waals surface area contributed by atoms with Gasteiger partial charge in [-0.2, -0.15) is 0 Å². The summed E-state index contributed by atoms with van der Waals surface area (Å²) < 4.78 is 15.7. The molecular formula is C16H18N2O6S. The first kappa shape index (κ1) is 18.5. The Hall–Kier alpha value is -2.81. The second kappa shape index (κ2) is 7.84. The molecule has 0 spiro atoms. The highest BCUT2D eigenvalue weighted by Gasteiger charge is 2.19. The number of aromatic nitrogens is 1. The lowest BCUT2D eigenvalue weighted by Crippen LogP contribution is -2.12. The van der Waals surface area contributed by atoms with E-state index in [0.29, 0.717) is 38.5 Å². The number of carbonyl (C=O) groups excluding carboxylic acids is 1. The van der Waals surface area contributed by atoms with E-state index in [4.69, 9.17) is 19.3 Å². The Morgan fingerprint density at radius 2 is 1.76 bits per heavy atom. The molecule has 2 N–H and O–H groups in total. The largest absolute Gasteiger partial charge is 0.493 e. The Labute approximate surface area is 148 Å². The monoisotopic (exact) mass is 366 g/mol. The summed E-state index contributed by atoms with van der Waals surface area (Å²) in [7, 11) is 4.39. The van der Waals surface area contributed by atoms with Crippen molar-refractivity contribution in [3.05, 3.63) is 28.3 Å². The minimum absolute atomic E-state index is 0.135. The van der Waals surface area contributed by atoms with Crippen LogP contribution in [0.1, 0.15) is 20.9 Å². The minimum Gasteiger partial charge on any atom is -0.493 e. The molecule has 0 aliphatic carbocycles. The molecule has 8 nitrogen and oxygen atoms in total. The maximum absolute atomic E-state index is 12.5. The van der Waals surface area contributed by atoms with Crippen molar-refractivity contribution < 1.29 is 28.9 Å². The Morgan fingerprint density at radius 3 is 2.24 bits per heavy atom. The van der Waals surface area contributed by atoms with Crippen LogP contribution in [0.15, 0.2) is 12.1 Å². The van der Waals surface area contributed by atoms with Gasteiger partial charge in [0.1, 0.15) is 0 Å². The number of aliphatic carboxylic acids is 1. The van der Waals surface area contributed by atoms with Crippen LogP contribution in [0, 0.1) is 6.92 Å². The Morgan fingerprint density at radius 1 is 1.16 bits per heavy atom. The molecule has 0 aliphatic heterocycles. The fourth-order valence-corrected chi connectivity index (χ4v) is 3.11. The van der Waals surface area contributed by atoms with Gasteiger partial charge in [0.25, 0.3) is 5.91 Å². The van der Waals surface area contributed by atoms with Crippen molar-refractivity contribution in [3.8, 4) is 17.2 Å². The molecule has 2 rings (SSSR count). The zero-order chi connectivity index (χ0) is 18.6. The molecule has 0 unspecified atom stereocenters. The van der Waals surface area contributed by atoms with Gasteiger partial charge in [-0.1, -0.05) is 0 Å². The predicted octanol–water partition coefficient (Wildman–Crippen LogP) is 2.36. The SMILES string of the molecule is COc1cc(C(=O)Nc2nc(C)c(CC(=O)O)s2)cc(OC)c1OC. The fraction of sp³-hybridized carbons (Fsp3) is 0.312. The van der Waals surface area contributed by atoms with E-state index < -0.39 is 11.9 Å². The van der Waals surface area contributed by atoms with Crippen LogP contribution < -0.4 is 19.5 Å². The molecule has 1 heterocycles. The quantitative estimate of drug-likeness (QED) is 0.774. The van der Waals surface area contributed by atoms with Gasteiger partial charge >= 0.3 is 5.97 Å². The molecule has 0 saturated heterocycles. The lowest BCUT2D eigenvalue weighted by molar-refractivity contribution is -0.136. The van der Waals surface area contributed by atoms with Crippen molar-refractivity contribution in [2.75, 3.05) is 26.6 Å². The maximum atomic E-state index is 12.5. The fourth-order valence-electron chi connectivity index (χ4n) is 2.16. The van der Waals surface area contributed by atoms with Gasteiger partial charge in [0.05, 0.1) is 33.4 Å². The third-order valence-corrected chi connectivity index (χ3v) is 4.42. The molecule has 0 radical (unpaired) electrons. The molecule has 0 aliphatic rings. The zero-order valence-electron chi connectivity index (χ0n) is 14.2. The van der Waals surface area contributed by atoms with Gasteiger partial charge in [-0.3, -0.25) is 14.9 Å². The van der Waals surface area contributed by atoms with Crippen LogP contribution in [-0.2, 0) is 11.2 Å². The molecule has 1 aromatic carbocycles. The third kappa shape index (κ3) is 4.18. The molecule has 2 aromatic rings. The number of amides is 1. The van der Waals surface area contributed by atoms with Gasteiger partial charge < -0.3 is 19.3 Å². The summed E-state index contributed by atoms with van der Waals surface area (Å²) >= 11 is 1.13. The molecular weight excluding hydrogens is 348 g/mol. The van der Waals surface area contributed by atoms with Crippen molar-refractivity contribution in [1.82, 2.24) is 4.98 Å². The van der Waals surface area contributed by atoms with Crippen LogP contribution in [-0.4, -0.2) is 43.3 Å². The number of carbonyl (C=O) groups is 2. The van der Waals surface area contributed by atoms with Crippen molar-refractivity contribution >= 4 is 28.3 Å². The first-order valence-corrected chi connectivity index (χ1v) is 8.00. The van der Waals surface area contributed by atoms with E-state index in [2.05, 4.69) is 10.3 Å². The molecule has 1 aromatic heterocycles. The second-order valence-corrected chi connectivity index (χ2v) is 6.05. The summed E-state index contributed by atoms with van der Waals surface area (Å²) in [6.45, 7) is 1.70. The molecule has 0 saturated carbocycles. The number of aryl methyl sites for hydroxylation is 1. The molecule has 0 bridgehead atoms.